The largest absolute Gasteiger partial charge is 0.298 e. The quantitative estimate of drug-likeness (QED) is 0.669. The Morgan fingerprint density at radius 1 is 1.50 bits per heavy atom. The Hall–Kier alpha value is -1.59. The van der Waals surface area contributed by atoms with Crippen molar-refractivity contribution in [2.45, 2.75) is 4.90 Å². The van der Waals surface area contributed by atoms with Crippen molar-refractivity contribution in [3.05, 3.63) is 54.1 Å². The minimum atomic E-state index is -0.128. The number of carbonyl (C=O) groups excluding carboxylic acids is 1. The van der Waals surface area contributed by atoms with Crippen LogP contribution in [0.25, 0.3) is 0 Å². The molecular weight excluding hydrogens is 264 g/mol. The first-order valence-corrected chi connectivity index (χ1v) is 7.21. The molecule has 0 radical (unpaired) electrons. The lowest BCUT2D eigenvalue weighted by Gasteiger charge is -2.07. The normalized spacial score (nSPS) is 10.0. The molecule has 2 aromatic rings. The van der Waals surface area contributed by atoms with Gasteiger partial charge in [0.1, 0.15) is 0 Å². The van der Waals surface area contributed by atoms with Crippen LogP contribution in [0.5, 0.6) is 0 Å². The summed E-state index contributed by atoms with van der Waals surface area (Å²) in [6, 6.07) is 7.53. The van der Waals surface area contributed by atoms with Crippen molar-refractivity contribution in [2.24, 2.45) is 0 Å². The predicted octanol–water partition coefficient (Wildman–Crippen LogP) is 3.67. The summed E-state index contributed by atoms with van der Waals surface area (Å²) in [5.74, 6) is 0.652. The minimum absolute atomic E-state index is 0.128. The van der Waals surface area contributed by atoms with Gasteiger partial charge in [-0.1, -0.05) is 18.2 Å². The maximum absolute atomic E-state index is 12.1. The van der Waals surface area contributed by atoms with Gasteiger partial charge in [-0.25, -0.2) is 4.98 Å². The molecule has 1 aromatic carbocycles. The summed E-state index contributed by atoms with van der Waals surface area (Å²) in [7, 11) is 0. The molecule has 5 heteroatoms. The average Bonchev–Trinajstić information content (AvgIpc) is 2.89. The Morgan fingerprint density at radius 3 is 3.06 bits per heavy atom. The smallest absolute Gasteiger partial charge is 0.258 e. The van der Waals surface area contributed by atoms with E-state index in [1.165, 1.54) is 11.3 Å². The number of thiazole rings is 1. The number of benzene rings is 1. The van der Waals surface area contributed by atoms with E-state index in [0.29, 0.717) is 10.7 Å². The van der Waals surface area contributed by atoms with Gasteiger partial charge < -0.3 is 0 Å². The molecule has 0 saturated carbocycles. The van der Waals surface area contributed by atoms with E-state index in [2.05, 4.69) is 16.9 Å². The van der Waals surface area contributed by atoms with Crippen molar-refractivity contribution in [2.75, 3.05) is 11.1 Å². The lowest BCUT2D eigenvalue weighted by Crippen LogP contribution is -2.12. The number of carbonyl (C=O) groups is 1. The number of hydrogen-bond donors (Lipinski definition) is 1. The number of rotatable bonds is 5. The zero-order valence-corrected chi connectivity index (χ0v) is 11.3. The van der Waals surface area contributed by atoms with Crippen molar-refractivity contribution >= 4 is 34.1 Å². The van der Waals surface area contributed by atoms with Gasteiger partial charge in [0.2, 0.25) is 0 Å². The standard InChI is InChI=1S/C13H12N2OS2/c1-2-8-17-11-6-4-3-5-10(11)12(16)15-13-14-7-9-18-13/h2-7,9H,1,8H2,(H,14,15,16). The minimum Gasteiger partial charge on any atom is -0.298 e. The number of amides is 1. The molecule has 0 aliphatic heterocycles. The van der Waals surface area contributed by atoms with E-state index in [9.17, 15) is 4.79 Å². The zero-order valence-electron chi connectivity index (χ0n) is 9.63. The Bertz CT molecular complexity index is 538. The molecule has 18 heavy (non-hydrogen) atoms. The highest BCUT2D eigenvalue weighted by atomic mass is 32.2. The topological polar surface area (TPSA) is 42.0 Å². The molecule has 3 nitrogen and oxygen atoms in total. The van der Waals surface area contributed by atoms with E-state index in [4.69, 9.17) is 0 Å². The number of anilines is 1. The van der Waals surface area contributed by atoms with Gasteiger partial charge in [-0.15, -0.1) is 29.7 Å². The molecule has 1 aromatic heterocycles. The second kappa shape index (κ2) is 6.37. The molecule has 0 unspecified atom stereocenters. The van der Waals surface area contributed by atoms with Crippen molar-refractivity contribution in [1.82, 2.24) is 4.98 Å². The number of aromatic nitrogens is 1. The third-order valence-corrected chi connectivity index (χ3v) is 3.90. The third-order valence-electron chi connectivity index (χ3n) is 2.14. The summed E-state index contributed by atoms with van der Waals surface area (Å²) in [5, 5.41) is 5.23. The van der Waals surface area contributed by atoms with E-state index in [1.807, 2.05) is 35.7 Å². The second-order valence-electron chi connectivity index (χ2n) is 3.39. The Balaban J connectivity index is 2.16. The number of thioether (sulfide) groups is 1. The first-order chi connectivity index (χ1) is 8.81. The number of nitrogens with one attached hydrogen (secondary N) is 1. The molecule has 1 amide bonds. The van der Waals surface area contributed by atoms with Crippen molar-refractivity contribution in [3.8, 4) is 0 Å². The molecule has 2 rings (SSSR count). The van der Waals surface area contributed by atoms with Crippen molar-refractivity contribution < 1.29 is 4.79 Å². The molecule has 0 aliphatic carbocycles. The molecule has 1 heterocycles. The van der Waals surface area contributed by atoms with Crippen LogP contribution < -0.4 is 5.32 Å². The molecule has 0 spiro atoms. The monoisotopic (exact) mass is 276 g/mol. The summed E-state index contributed by atoms with van der Waals surface area (Å²) in [4.78, 5) is 17.1. The molecule has 0 saturated heterocycles. The number of hydrogen-bond acceptors (Lipinski definition) is 4. The fourth-order valence-corrected chi connectivity index (χ4v) is 2.69. The van der Waals surface area contributed by atoms with Gasteiger partial charge in [-0.3, -0.25) is 10.1 Å². The molecule has 0 fully saturated rings. The molecule has 0 atom stereocenters. The van der Waals surface area contributed by atoms with Gasteiger partial charge in [0, 0.05) is 22.2 Å². The van der Waals surface area contributed by atoms with Crippen LogP contribution >= 0.6 is 23.1 Å². The Labute approximate surface area is 114 Å². The van der Waals surface area contributed by atoms with Crippen LogP contribution in [-0.4, -0.2) is 16.6 Å². The van der Waals surface area contributed by atoms with Gasteiger partial charge in [-0.2, -0.15) is 0 Å². The van der Waals surface area contributed by atoms with Gasteiger partial charge >= 0.3 is 0 Å². The van der Waals surface area contributed by atoms with Crippen LogP contribution in [-0.2, 0) is 0 Å². The fourth-order valence-electron chi connectivity index (χ4n) is 1.38. The van der Waals surface area contributed by atoms with E-state index in [1.54, 1.807) is 18.0 Å². The van der Waals surface area contributed by atoms with Crippen LogP contribution in [0.3, 0.4) is 0 Å². The fraction of sp³-hybridized carbons (Fsp3) is 0.0769. The number of nitrogens with zero attached hydrogens (tertiary/aromatic N) is 1. The third kappa shape index (κ3) is 3.21. The molecular formula is C13H12N2OS2. The summed E-state index contributed by atoms with van der Waals surface area (Å²) in [5.41, 5.74) is 0.666. The highest BCUT2D eigenvalue weighted by Crippen LogP contribution is 2.23. The lowest BCUT2D eigenvalue weighted by atomic mass is 10.2. The van der Waals surface area contributed by atoms with Crippen LogP contribution in [0, 0.1) is 0 Å². The van der Waals surface area contributed by atoms with E-state index in [0.717, 1.165) is 10.6 Å². The maximum Gasteiger partial charge on any atom is 0.258 e. The molecule has 0 bridgehead atoms. The summed E-state index contributed by atoms with van der Waals surface area (Å²) < 4.78 is 0. The van der Waals surface area contributed by atoms with Crippen LogP contribution in [0.15, 0.2) is 53.4 Å². The Morgan fingerprint density at radius 2 is 2.33 bits per heavy atom. The van der Waals surface area contributed by atoms with E-state index >= 15 is 0 Å². The lowest BCUT2D eigenvalue weighted by molar-refractivity contribution is 0.102. The average molecular weight is 276 g/mol. The van der Waals surface area contributed by atoms with Crippen molar-refractivity contribution in [3.63, 3.8) is 0 Å². The summed E-state index contributed by atoms with van der Waals surface area (Å²) in [6.07, 6.45) is 3.48. The first kappa shape index (κ1) is 12.9. The maximum atomic E-state index is 12.1. The predicted molar refractivity (Wildman–Crippen MR) is 77.4 cm³/mol. The molecule has 92 valence electrons. The first-order valence-electron chi connectivity index (χ1n) is 5.35. The summed E-state index contributed by atoms with van der Waals surface area (Å²) >= 11 is 3.00. The van der Waals surface area contributed by atoms with Gasteiger partial charge in [0.05, 0.1) is 5.56 Å². The van der Waals surface area contributed by atoms with Gasteiger partial charge in [0.25, 0.3) is 5.91 Å². The Kier molecular flexibility index (Phi) is 4.55. The summed E-state index contributed by atoms with van der Waals surface area (Å²) in [6.45, 7) is 3.68. The molecule has 0 aliphatic rings. The van der Waals surface area contributed by atoms with Crippen LogP contribution in [0.4, 0.5) is 5.13 Å². The highest BCUT2D eigenvalue weighted by molar-refractivity contribution is 7.99. The van der Waals surface area contributed by atoms with Gasteiger partial charge in [0.15, 0.2) is 5.13 Å². The van der Waals surface area contributed by atoms with E-state index < -0.39 is 0 Å². The molecule has 1 N–H and O–H groups in total. The SMILES string of the molecule is C=CCSc1ccccc1C(=O)Nc1nccs1. The van der Waals surface area contributed by atoms with Crippen LogP contribution in [0.2, 0.25) is 0 Å². The van der Waals surface area contributed by atoms with Gasteiger partial charge in [-0.05, 0) is 12.1 Å². The highest BCUT2D eigenvalue weighted by Gasteiger charge is 2.11. The van der Waals surface area contributed by atoms with Crippen LogP contribution in [0.1, 0.15) is 10.4 Å². The second-order valence-corrected chi connectivity index (χ2v) is 5.34. The van der Waals surface area contributed by atoms with Crippen molar-refractivity contribution in [1.29, 1.82) is 0 Å². The zero-order chi connectivity index (χ0) is 12.8. The van der Waals surface area contributed by atoms with E-state index in [-0.39, 0.29) is 5.91 Å².